The van der Waals surface area contributed by atoms with Crippen LogP contribution in [0.4, 0.5) is 11.9 Å². The second-order valence-electron chi connectivity index (χ2n) is 5.36. The Morgan fingerprint density at radius 1 is 1.00 bits per heavy atom. The van der Waals surface area contributed by atoms with E-state index in [0.29, 0.717) is 5.82 Å². The van der Waals surface area contributed by atoms with Gasteiger partial charge in [-0.2, -0.15) is 15.0 Å². The average molecular weight is 259 g/mol. The van der Waals surface area contributed by atoms with Crippen LogP contribution < -0.4 is 11.5 Å². The smallest absolute Gasteiger partial charge is 0.225 e. The van der Waals surface area contributed by atoms with Gasteiger partial charge in [0, 0.05) is 5.56 Å². The molecule has 0 amide bonds. The Bertz CT molecular complexity index is 599. The summed E-state index contributed by atoms with van der Waals surface area (Å²) in [5, 5.41) is 9.92. The Hall–Kier alpha value is -2.37. The van der Waals surface area contributed by atoms with Gasteiger partial charge in [-0.3, -0.25) is 0 Å². The van der Waals surface area contributed by atoms with E-state index in [1.807, 2.05) is 26.8 Å². The lowest BCUT2D eigenvalue weighted by molar-refractivity contribution is 0.447. The molecule has 0 aliphatic carbocycles. The molecule has 0 fully saturated rings. The largest absolute Gasteiger partial charge is 0.508 e. The fourth-order valence-electron chi connectivity index (χ4n) is 1.81. The van der Waals surface area contributed by atoms with Gasteiger partial charge in [-0.25, -0.2) is 0 Å². The van der Waals surface area contributed by atoms with Crippen LogP contribution in [0.15, 0.2) is 18.2 Å². The summed E-state index contributed by atoms with van der Waals surface area (Å²) in [6.07, 6.45) is 0. The third-order valence-electron chi connectivity index (χ3n) is 2.73. The summed E-state index contributed by atoms with van der Waals surface area (Å²) in [6, 6.07) is 5.18. The minimum Gasteiger partial charge on any atom is -0.508 e. The normalized spacial score (nSPS) is 11.5. The first-order chi connectivity index (χ1) is 8.77. The molecule has 100 valence electrons. The number of aromatic nitrogens is 3. The maximum Gasteiger partial charge on any atom is 0.225 e. The summed E-state index contributed by atoms with van der Waals surface area (Å²) < 4.78 is 0. The summed E-state index contributed by atoms with van der Waals surface area (Å²) in [7, 11) is 0. The number of hydrogen-bond donors (Lipinski definition) is 3. The predicted octanol–water partition coefficient (Wildman–Crippen LogP) is 1.71. The van der Waals surface area contributed by atoms with Crippen LogP contribution in [0.1, 0.15) is 26.3 Å². The zero-order chi connectivity index (χ0) is 14.2. The topological polar surface area (TPSA) is 111 Å². The summed E-state index contributed by atoms with van der Waals surface area (Å²) >= 11 is 0. The van der Waals surface area contributed by atoms with Gasteiger partial charge < -0.3 is 16.6 Å². The van der Waals surface area contributed by atoms with Crippen LogP contribution in [-0.4, -0.2) is 20.1 Å². The molecule has 1 aromatic carbocycles. The first kappa shape index (κ1) is 13.1. The Labute approximate surface area is 111 Å². The van der Waals surface area contributed by atoms with E-state index in [1.165, 1.54) is 0 Å². The number of phenols is 1. The van der Waals surface area contributed by atoms with E-state index < -0.39 is 0 Å². The first-order valence-corrected chi connectivity index (χ1v) is 5.88. The summed E-state index contributed by atoms with van der Waals surface area (Å²) in [5.74, 6) is 0.794. The lowest BCUT2D eigenvalue weighted by Gasteiger charge is -2.21. The van der Waals surface area contributed by atoms with E-state index in [4.69, 9.17) is 11.5 Å². The van der Waals surface area contributed by atoms with Crippen molar-refractivity contribution in [3.8, 4) is 17.1 Å². The van der Waals surface area contributed by atoms with Gasteiger partial charge in [0.05, 0.1) is 0 Å². The maximum absolute atomic E-state index is 9.92. The molecule has 0 spiro atoms. The van der Waals surface area contributed by atoms with E-state index in [0.717, 1.165) is 11.1 Å². The standard InChI is InChI=1S/C13H17N5O/c1-13(2,3)8-6-7(4-5-9(8)19)10-16-11(14)18-12(15)17-10/h4-6,19H,1-3H3,(H4,14,15,16,17,18). The molecule has 2 aromatic rings. The molecule has 6 heteroatoms. The fraction of sp³-hybridized carbons (Fsp3) is 0.308. The number of nitrogens with zero attached hydrogens (tertiary/aromatic N) is 3. The van der Waals surface area contributed by atoms with Gasteiger partial charge in [0.1, 0.15) is 5.75 Å². The third kappa shape index (κ3) is 2.73. The number of phenolic OH excluding ortho intramolecular Hbond substituents is 1. The van der Waals surface area contributed by atoms with Gasteiger partial charge in [-0.15, -0.1) is 0 Å². The van der Waals surface area contributed by atoms with Crippen molar-refractivity contribution in [2.75, 3.05) is 11.5 Å². The minimum atomic E-state index is -0.190. The molecule has 19 heavy (non-hydrogen) atoms. The molecule has 0 atom stereocenters. The Kier molecular flexibility index (Phi) is 3.01. The van der Waals surface area contributed by atoms with Crippen LogP contribution >= 0.6 is 0 Å². The predicted molar refractivity (Wildman–Crippen MR) is 74.5 cm³/mol. The van der Waals surface area contributed by atoms with Crippen molar-refractivity contribution in [2.45, 2.75) is 26.2 Å². The number of nitrogen functional groups attached to an aromatic ring is 2. The first-order valence-electron chi connectivity index (χ1n) is 5.88. The van der Waals surface area contributed by atoms with Crippen molar-refractivity contribution in [2.24, 2.45) is 0 Å². The summed E-state index contributed by atoms with van der Waals surface area (Å²) in [5.41, 5.74) is 12.5. The third-order valence-corrected chi connectivity index (χ3v) is 2.73. The highest BCUT2D eigenvalue weighted by Gasteiger charge is 2.19. The Balaban J connectivity index is 2.58. The quantitative estimate of drug-likeness (QED) is 0.718. The summed E-state index contributed by atoms with van der Waals surface area (Å²) in [4.78, 5) is 11.8. The van der Waals surface area contributed by atoms with Crippen LogP contribution in [-0.2, 0) is 5.41 Å². The van der Waals surface area contributed by atoms with Crippen molar-refractivity contribution in [3.63, 3.8) is 0 Å². The number of nitrogens with two attached hydrogens (primary N) is 2. The molecule has 0 unspecified atom stereocenters. The second-order valence-corrected chi connectivity index (χ2v) is 5.36. The monoisotopic (exact) mass is 259 g/mol. The Morgan fingerprint density at radius 3 is 2.11 bits per heavy atom. The maximum atomic E-state index is 9.92. The Morgan fingerprint density at radius 2 is 1.58 bits per heavy atom. The van der Waals surface area contributed by atoms with Crippen molar-refractivity contribution in [1.82, 2.24) is 15.0 Å². The molecule has 1 heterocycles. The van der Waals surface area contributed by atoms with E-state index >= 15 is 0 Å². The second kappa shape index (κ2) is 4.38. The van der Waals surface area contributed by atoms with Crippen LogP contribution in [0, 0.1) is 0 Å². The molecule has 2 rings (SSSR count). The number of anilines is 2. The number of rotatable bonds is 1. The van der Waals surface area contributed by atoms with Crippen molar-refractivity contribution in [3.05, 3.63) is 23.8 Å². The van der Waals surface area contributed by atoms with Gasteiger partial charge in [0.2, 0.25) is 11.9 Å². The average Bonchev–Trinajstić information content (AvgIpc) is 2.26. The SMILES string of the molecule is CC(C)(C)c1cc(-c2nc(N)nc(N)n2)ccc1O. The molecule has 0 saturated heterocycles. The van der Waals surface area contributed by atoms with Crippen LogP contribution in [0.5, 0.6) is 5.75 Å². The van der Waals surface area contributed by atoms with Gasteiger partial charge in [-0.1, -0.05) is 20.8 Å². The molecule has 0 aliphatic heterocycles. The molecular weight excluding hydrogens is 242 g/mol. The highest BCUT2D eigenvalue weighted by Crippen LogP contribution is 2.33. The van der Waals surface area contributed by atoms with Crippen LogP contribution in [0.3, 0.4) is 0 Å². The van der Waals surface area contributed by atoms with E-state index in [9.17, 15) is 5.11 Å². The molecule has 6 nitrogen and oxygen atoms in total. The van der Waals surface area contributed by atoms with Crippen molar-refractivity contribution < 1.29 is 5.11 Å². The number of aromatic hydroxyl groups is 1. The summed E-state index contributed by atoms with van der Waals surface area (Å²) in [6.45, 7) is 6.05. The fourth-order valence-corrected chi connectivity index (χ4v) is 1.81. The molecule has 0 bridgehead atoms. The highest BCUT2D eigenvalue weighted by molar-refractivity contribution is 5.61. The van der Waals surface area contributed by atoms with E-state index in [2.05, 4.69) is 15.0 Å². The molecule has 0 saturated carbocycles. The van der Waals surface area contributed by atoms with Gasteiger partial charge in [-0.05, 0) is 29.2 Å². The van der Waals surface area contributed by atoms with Gasteiger partial charge >= 0.3 is 0 Å². The van der Waals surface area contributed by atoms with Gasteiger partial charge in [0.25, 0.3) is 0 Å². The van der Waals surface area contributed by atoms with Crippen molar-refractivity contribution >= 4 is 11.9 Å². The lowest BCUT2D eigenvalue weighted by atomic mass is 9.85. The van der Waals surface area contributed by atoms with Crippen LogP contribution in [0.2, 0.25) is 0 Å². The van der Waals surface area contributed by atoms with Crippen molar-refractivity contribution in [1.29, 1.82) is 0 Å². The molecule has 0 radical (unpaired) electrons. The zero-order valence-electron chi connectivity index (χ0n) is 11.2. The van der Waals surface area contributed by atoms with E-state index in [1.54, 1.807) is 12.1 Å². The molecule has 1 aromatic heterocycles. The molecular formula is C13H17N5O. The lowest BCUT2D eigenvalue weighted by Crippen LogP contribution is -2.11. The minimum absolute atomic E-state index is 0.0767. The molecule has 5 N–H and O–H groups in total. The van der Waals surface area contributed by atoms with E-state index in [-0.39, 0.29) is 23.1 Å². The molecule has 0 aliphatic rings. The number of benzene rings is 1. The highest BCUT2D eigenvalue weighted by atomic mass is 16.3. The number of hydrogen-bond acceptors (Lipinski definition) is 6. The zero-order valence-corrected chi connectivity index (χ0v) is 11.2. The van der Waals surface area contributed by atoms with Crippen LogP contribution in [0.25, 0.3) is 11.4 Å². The van der Waals surface area contributed by atoms with Gasteiger partial charge in [0.15, 0.2) is 5.82 Å².